The van der Waals surface area contributed by atoms with E-state index in [1.54, 1.807) is 7.05 Å². The van der Waals surface area contributed by atoms with Gasteiger partial charge in [-0.05, 0) is 18.6 Å². The number of H-pyrrole nitrogens is 1. The summed E-state index contributed by atoms with van der Waals surface area (Å²) in [5, 5.41) is 11.8. The highest BCUT2D eigenvalue weighted by molar-refractivity contribution is 5.76. The molecule has 2 amide bonds. The van der Waals surface area contributed by atoms with Crippen LogP contribution in [-0.4, -0.2) is 45.1 Å². The fourth-order valence-corrected chi connectivity index (χ4v) is 2.55. The summed E-state index contributed by atoms with van der Waals surface area (Å²) in [7, 11) is 1.67. The second-order valence-corrected chi connectivity index (χ2v) is 5.94. The number of nitrogens with zero attached hydrogens (tertiary/aromatic N) is 2. The van der Waals surface area contributed by atoms with Crippen molar-refractivity contribution in [2.24, 2.45) is 0 Å². The Morgan fingerprint density at radius 2 is 2.12 bits per heavy atom. The summed E-state index contributed by atoms with van der Waals surface area (Å²) >= 11 is 0. The van der Waals surface area contributed by atoms with E-state index in [1.165, 1.54) is 4.90 Å². The Morgan fingerprint density at radius 1 is 1.38 bits per heavy atom. The van der Waals surface area contributed by atoms with Crippen molar-refractivity contribution in [3.63, 3.8) is 0 Å². The molecule has 1 aromatic carbocycles. The molecule has 2 rings (SSSR count). The first kappa shape index (κ1) is 17.8. The van der Waals surface area contributed by atoms with E-state index in [0.717, 1.165) is 23.9 Å². The maximum Gasteiger partial charge on any atom is 0.317 e. The summed E-state index contributed by atoms with van der Waals surface area (Å²) in [6.45, 7) is 2.36. The molecule has 1 atom stereocenters. The molecule has 2 aromatic rings. The van der Waals surface area contributed by atoms with Crippen LogP contribution < -0.4 is 5.32 Å². The molecule has 0 aliphatic heterocycles. The van der Waals surface area contributed by atoms with Crippen LogP contribution in [0.15, 0.2) is 24.3 Å². The molecule has 0 spiro atoms. The number of carbonyl (C=O) groups is 2. The third-order valence-electron chi connectivity index (χ3n) is 3.83. The predicted molar refractivity (Wildman–Crippen MR) is 91.7 cm³/mol. The molecule has 7 nitrogen and oxygen atoms in total. The van der Waals surface area contributed by atoms with Crippen LogP contribution in [-0.2, 0) is 11.3 Å². The fourth-order valence-electron chi connectivity index (χ4n) is 2.55. The Kier molecular flexibility index (Phi) is 6.17. The molecule has 0 aliphatic rings. The summed E-state index contributed by atoms with van der Waals surface area (Å²) < 4.78 is 0. The number of hydrogen-bond donors (Lipinski definition) is 3. The summed E-state index contributed by atoms with van der Waals surface area (Å²) in [5.41, 5.74) is 1.78. The van der Waals surface area contributed by atoms with E-state index in [1.807, 2.05) is 31.2 Å². The van der Waals surface area contributed by atoms with Crippen LogP contribution in [0.5, 0.6) is 0 Å². The number of carbonyl (C=O) groups excluding carboxylic acids is 1. The van der Waals surface area contributed by atoms with E-state index in [2.05, 4.69) is 15.3 Å². The van der Waals surface area contributed by atoms with Crippen LogP contribution in [0.3, 0.4) is 0 Å². The van der Waals surface area contributed by atoms with Crippen molar-refractivity contribution in [3.05, 3.63) is 30.1 Å². The lowest BCUT2D eigenvalue weighted by Crippen LogP contribution is -2.43. The monoisotopic (exact) mass is 332 g/mol. The molecule has 0 radical (unpaired) electrons. The minimum Gasteiger partial charge on any atom is -0.481 e. The van der Waals surface area contributed by atoms with E-state index >= 15 is 0 Å². The van der Waals surface area contributed by atoms with Gasteiger partial charge in [-0.2, -0.15) is 0 Å². The zero-order valence-electron chi connectivity index (χ0n) is 14.1. The Hall–Kier alpha value is -2.57. The van der Waals surface area contributed by atoms with Gasteiger partial charge in [0.15, 0.2) is 0 Å². The van der Waals surface area contributed by atoms with Crippen molar-refractivity contribution in [2.75, 3.05) is 7.05 Å². The largest absolute Gasteiger partial charge is 0.481 e. The van der Waals surface area contributed by atoms with Gasteiger partial charge in [0.1, 0.15) is 5.82 Å². The van der Waals surface area contributed by atoms with Gasteiger partial charge in [0.05, 0.1) is 24.0 Å². The molecular formula is C17H24N4O3. The van der Waals surface area contributed by atoms with Crippen molar-refractivity contribution < 1.29 is 14.7 Å². The summed E-state index contributed by atoms with van der Waals surface area (Å²) in [5.74, 6) is -0.214. The number of amides is 2. The second-order valence-electron chi connectivity index (χ2n) is 5.94. The lowest BCUT2D eigenvalue weighted by molar-refractivity contribution is -0.137. The number of rotatable bonds is 8. The van der Waals surface area contributed by atoms with E-state index in [0.29, 0.717) is 18.8 Å². The number of carboxylic acid groups (broad SMARTS) is 1. The minimum absolute atomic E-state index is 0.0653. The Bertz CT molecular complexity index is 665. The van der Waals surface area contributed by atoms with Gasteiger partial charge in [0, 0.05) is 13.1 Å². The summed E-state index contributed by atoms with van der Waals surface area (Å²) in [6, 6.07) is 7.02. The molecule has 130 valence electrons. The molecule has 0 fully saturated rings. The molecule has 1 aromatic heterocycles. The van der Waals surface area contributed by atoms with Gasteiger partial charge in [0.2, 0.25) is 0 Å². The molecule has 0 unspecified atom stereocenters. The third kappa shape index (κ3) is 4.97. The van der Waals surface area contributed by atoms with E-state index in [4.69, 9.17) is 5.11 Å². The van der Waals surface area contributed by atoms with Crippen LogP contribution in [0, 0.1) is 0 Å². The van der Waals surface area contributed by atoms with Crippen molar-refractivity contribution in [1.29, 1.82) is 0 Å². The average Bonchev–Trinajstić information content (AvgIpc) is 2.94. The average molecular weight is 332 g/mol. The van der Waals surface area contributed by atoms with E-state index in [-0.39, 0.29) is 18.5 Å². The third-order valence-corrected chi connectivity index (χ3v) is 3.83. The van der Waals surface area contributed by atoms with Crippen LogP contribution in [0.25, 0.3) is 11.0 Å². The first-order chi connectivity index (χ1) is 11.5. The number of aromatic amines is 1. The quantitative estimate of drug-likeness (QED) is 0.692. The van der Waals surface area contributed by atoms with Gasteiger partial charge in [-0.3, -0.25) is 4.79 Å². The zero-order chi connectivity index (χ0) is 17.5. The maximum atomic E-state index is 12.3. The van der Waals surface area contributed by atoms with Gasteiger partial charge < -0.3 is 20.3 Å². The normalized spacial score (nSPS) is 12.1. The van der Waals surface area contributed by atoms with Crippen molar-refractivity contribution in [2.45, 2.75) is 45.2 Å². The number of nitrogens with one attached hydrogen (secondary N) is 2. The molecule has 0 aliphatic carbocycles. The molecule has 24 heavy (non-hydrogen) atoms. The van der Waals surface area contributed by atoms with Gasteiger partial charge in [-0.25, -0.2) is 9.78 Å². The number of carboxylic acids is 1. The molecule has 3 N–H and O–H groups in total. The lowest BCUT2D eigenvalue weighted by Gasteiger charge is -2.22. The SMILES string of the molecule is CCCC[C@H](CC(=O)O)NC(=O)N(C)Cc1nc2ccccc2[nH]1. The topological polar surface area (TPSA) is 98.3 Å². The number of aliphatic carboxylic acids is 1. The number of hydrogen-bond acceptors (Lipinski definition) is 3. The second kappa shape index (κ2) is 8.33. The molecule has 7 heteroatoms. The van der Waals surface area contributed by atoms with Crippen molar-refractivity contribution >= 4 is 23.0 Å². The fraction of sp³-hybridized carbons (Fsp3) is 0.471. The minimum atomic E-state index is -0.906. The van der Waals surface area contributed by atoms with E-state index in [9.17, 15) is 9.59 Å². The van der Waals surface area contributed by atoms with Gasteiger partial charge >= 0.3 is 12.0 Å². The maximum absolute atomic E-state index is 12.3. The molecule has 0 saturated carbocycles. The number of urea groups is 1. The van der Waals surface area contributed by atoms with Gasteiger partial charge in [0.25, 0.3) is 0 Å². The number of aromatic nitrogens is 2. The number of imidazole rings is 1. The highest BCUT2D eigenvalue weighted by atomic mass is 16.4. The van der Waals surface area contributed by atoms with Crippen molar-refractivity contribution in [3.8, 4) is 0 Å². The van der Waals surface area contributed by atoms with Crippen LogP contribution in [0.4, 0.5) is 4.79 Å². The molecule has 1 heterocycles. The predicted octanol–water partition coefficient (Wildman–Crippen LogP) is 2.74. The number of para-hydroxylation sites is 2. The van der Waals surface area contributed by atoms with E-state index < -0.39 is 5.97 Å². The first-order valence-electron chi connectivity index (χ1n) is 8.16. The Morgan fingerprint density at radius 3 is 2.79 bits per heavy atom. The number of unbranched alkanes of at least 4 members (excludes halogenated alkanes) is 1. The van der Waals surface area contributed by atoms with Crippen LogP contribution in [0.2, 0.25) is 0 Å². The first-order valence-corrected chi connectivity index (χ1v) is 8.16. The van der Waals surface area contributed by atoms with Gasteiger partial charge in [-0.1, -0.05) is 31.9 Å². The molecule has 0 saturated heterocycles. The van der Waals surface area contributed by atoms with Gasteiger partial charge in [-0.15, -0.1) is 0 Å². The summed E-state index contributed by atoms with van der Waals surface area (Å²) in [6.07, 6.45) is 2.43. The lowest BCUT2D eigenvalue weighted by atomic mass is 10.1. The smallest absolute Gasteiger partial charge is 0.317 e. The summed E-state index contributed by atoms with van der Waals surface area (Å²) in [4.78, 5) is 32.3. The highest BCUT2D eigenvalue weighted by Crippen LogP contribution is 2.12. The molecule has 0 bridgehead atoms. The number of fused-ring (bicyclic) bond motifs is 1. The Labute approximate surface area is 141 Å². The number of benzene rings is 1. The zero-order valence-corrected chi connectivity index (χ0v) is 14.1. The Balaban J connectivity index is 1.95. The van der Waals surface area contributed by atoms with Crippen molar-refractivity contribution in [1.82, 2.24) is 20.2 Å². The highest BCUT2D eigenvalue weighted by Gasteiger charge is 2.18. The standard InChI is InChI=1S/C17H24N4O3/c1-3-4-7-12(10-16(22)23)18-17(24)21(2)11-15-19-13-8-5-6-9-14(13)20-15/h5-6,8-9,12H,3-4,7,10-11H2,1-2H3,(H,18,24)(H,19,20)(H,22,23)/t12-/m1/s1. The van der Waals surface area contributed by atoms with Crippen LogP contribution in [0.1, 0.15) is 38.4 Å². The van der Waals surface area contributed by atoms with Crippen LogP contribution >= 0.6 is 0 Å². The molecular weight excluding hydrogens is 308 g/mol.